The van der Waals surface area contributed by atoms with E-state index in [1.54, 1.807) is 42.6 Å². The molecule has 2 aromatic heterocycles. The van der Waals surface area contributed by atoms with Gasteiger partial charge >= 0.3 is 5.97 Å². The second kappa shape index (κ2) is 8.86. The number of benzene rings is 2. The number of carbonyl (C=O) groups excluding carboxylic acids is 2. The first-order valence-corrected chi connectivity index (χ1v) is 10.0. The van der Waals surface area contributed by atoms with Crippen LogP contribution < -0.4 is 10.2 Å². The van der Waals surface area contributed by atoms with Crippen molar-refractivity contribution in [3.63, 3.8) is 0 Å². The molecule has 1 amide bonds. The molecule has 0 aliphatic carbocycles. The van der Waals surface area contributed by atoms with Gasteiger partial charge in [0, 0.05) is 22.5 Å². The lowest BCUT2D eigenvalue weighted by atomic mass is 10.2. The smallest absolute Gasteiger partial charge is 0.355 e. The van der Waals surface area contributed by atoms with E-state index in [1.165, 1.54) is 23.7 Å². The number of halogens is 1. The van der Waals surface area contributed by atoms with Crippen LogP contribution in [-0.4, -0.2) is 23.1 Å². The molecule has 1 N–H and O–H groups in total. The van der Waals surface area contributed by atoms with Gasteiger partial charge in [0.15, 0.2) is 0 Å². The van der Waals surface area contributed by atoms with E-state index in [1.807, 2.05) is 24.3 Å². The molecule has 2 aromatic carbocycles. The Balaban J connectivity index is 1.39. The predicted molar refractivity (Wildman–Crippen MR) is 118 cm³/mol. The zero-order valence-electron chi connectivity index (χ0n) is 15.4. The van der Waals surface area contributed by atoms with Crippen molar-refractivity contribution in [1.82, 2.24) is 10.4 Å². The fourth-order valence-corrected chi connectivity index (χ4v) is 4.03. The molecule has 0 saturated carbocycles. The minimum Gasteiger partial charge on any atom is -0.422 e. The topological polar surface area (TPSA) is 80.6 Å². The molecule has 0 radical (unpaired) electrons. The summed E-state index contributed by atoms with van der Waals surface area (Å²) < 4.78 is 6.36. The summed E-state index contributed by atoms with van der Waals surface area (Å²) in [4.78, 5) is 28.6. The van der Waals surface area contributed by atoms with Crippen LogP contribution in [0.3, 0.4) is 0 Å². The monoisotopic (exact) mass is 435 g/mol. The van der Waals surface area contributed by atoms with Gasteiger partial charge < -0.3 is 4.74 Å². The van der Waals surface area contributed by atoms with Crippen molar-refractivity contribution in [2.75, 3.05) is 0 Å². The molecule has 0 spiro atoms. The standard InChI is InChI=1S/C22H14ClN3O3S/c23-19-17-5-1-2-6-18(17)30-20(19)22(28)29-16-9-7-14(8-10-16)12-25-26-21(27)15-4-3-11-24-13-15/h1-13H,(H,26,27)/b25-12-. The van der Waals surface area contributed by atoms with E-state index in [-0.39, 0.29) is 5.91 Å². The molecule has 0 bridgehead atoms. The maximum absolute atomic E-state index is 12.5. The zero-order valence-corrected chi connectivity index (χ0v) is 17.0. The summed E-state index contributed by atoms with van der Waals surface area (Å²) in [5.41, 5.74) is 3.56. The number of fused-ring (bicyclic) bond motifs is 1. The summed E-state index contributed by atoms with van der Waals surface area (Å²) in [6.45, 7) is 0. The minimum absolute atomic E-state index is 0.356. The Kier molecular flexibility index (Phi) is 5.83. The average molecular weight is 436 g/mol. The molecule has 2 heterocycles. The summed E-state index contributed by atoms with van der Waals surface area (Å²) in [6, 6.07) is 17.6. The number of nitrogens with zero attached hydrogens (tertiary/aromatic N) is 2. The number of rotatable bonds is 5. The van der Waals surface area contributed by atoms with Crippen LogP contribution >= 0.6 is 22.9 Å². The lowest BCUT2D eigenvalue weighted by Crippen LogP contribution is -2.17. The van der Waals surface area contributed by atoms with E-state index in [2.05, 4.69) is 15.5 Å². The Labute approximate surface area is 180 Å². The SMILES string of the molecule is O=C(N/N=C\c1ccc(OC(=O)c2sc3ccccc3c2Cl)cc1)c1cccnc1. The normalized spacial score (nSPS) is 11.0. The molecule has 0 aliphatic heterocycles. The average Bonchev–Trinajstić information content (AvgIpc) is 3.12. The van der Waals surface area contributed by atoms with Gasteiger partial charge in [-0.1, -0.05) is 29.8 Å². The quantitative estimate of drug-likeness (QED) is 0.208. The Bertz CT molecular complexity index is 1240. The third-order valence-electron chi connectivity index (χ3n) is 4.11. The third-order valence-corrected chi connectivity index (χ3v) is 5.77. The predicted octanol–water partition coefficient (Wildman–Crippen LogP) is 4.93. The number of nitrogens with one attached hydrogen (secondary N) is 1. The van der Waals surface area contributed by atoms with Crippen LogP contribution in [-0.2, 0) is 0 Å². The van der Waals surface area contributed by atoms with Gasteiger partial charge in [-0.15, -0.1) is 11.3 Å². The van der Waals surface area contributed by atoms with Crippen molar-refractivity contribution in [1.29, 1.82) is 0 Å². The van der Waals surface area contributed by atoms with Gasteiger partial charge in [0.05, 0.1) is 16.8 Å². The molecule has 148 valence electrons. The second-order valence-corrected chi connectivity index (χ2v) is 7.57. The van der Waals surface area contributed by atoms with Crippen molar-refractivity contribution in [2.45, 2.75) is 0 Å². The number of hydrogen-bond donors (Lipinski definition) is 1. The number of amides is 1. The number of esters is 1. The van der Waals surface area contributed by atoms with Gasteiger partial charge in [0.1, 0.15) is 10.6 Å². The van der Waals surface area contributed by atoms with E-state index >= 15 is 0 Å². The Morgan fingerprint density at radius 3 is 2.60 bits per heavy atom. The molecule has 0 aliphatic rings. The van der Waals surface area contributed by atoms with Crippen LogP contribution in [0, 0.1) is 0 Å². The molecule has 0 fully saturated rings. The van der Waals surface area contributed by atoms with Gasteiger partial charge in [0.2, 0.25) is 0 Å². The van der Waals surface area contributed by atoms with Crippen molar-refractivity contribution in [3.8, 4) is 5.75 Å². The molecule has 0 atom stereocenters. The summed E-state index contributed by atoms with van der Waals surface area (Å²) in [7, 11) is 0. The van der Waals surface area contributed by atoms with Crippen molar-refractivity contribution in [2.24, 2.45) is 5.10 Å². The first-order valence-electron chi connectivity index (χ1n) is 8.84. The Morgan fingerprint density at radius 1 is 1.07 bits per heavy atom. The number of carbonyl (C=O) groups is 2. The maximum atomic E-state index is 12.5. The van der Waals surface area contributed by atoms with Crippen LogP contribution in [0.4, 0.5) is 0 Å². The Morgan fingerprint density at radius 2 is 1.87 bits per heavy atom. The lowest BCUT2D eigenvalue weighted by molar-refractivity contribution is 0.0739. The molecular formula is C22H14ClN3O3S. The van der Waals surface area contributed by atoms with E-state index in [0.29, 0.717) is 21.2 Å². The highest BCUT2D eigenvalue weighted by Gasteiger charge is 2.18. The number of hydrazone groups is 1. The van der Waals surface area contributed by atoms with Gasteiger partial charge in [-0.3, -0.25) is 9.78 Å². The first kappa shape index (κ1) is 19.8. The molecular weight excluding hydrogens is 422 g/mol. The molecule has 6 nitrogen and oxygen atoms in total. The number of hydrogen-bond acceptors (Lipinski definition) is 6. The largest absolute Gasteiger partial charge is 0.422 e. The molecule has 0 saturated heterocycles. The van der Waals surface area contributed by atoms with E-state index in [0.717, 1.165) is 15.6 Å². The number of aromatic nitrogens is 1. The molecule has 30 heavy (non-hydrogen) atoms. The highest BCUT2D eigenvalue weighted by Crippen LogP contribution is 2.35. The summed E-state index contributed by atoms with van der Waals surface area (Å²) in [5, 5.41) is 5.14. The highest BCUT2D eigenvalue weighted by atomic mass is 35.5. The third kappa shape index (κ3) is 4.37. The van der Waals surface area contributed by atoms with Crippen LogP contribution in [0.1, 0.15) is 25.6 Å². The van der Waals surface area contributed by atoms with Crippen LogP contribution in [0.5, 0.6) is 5.75 Å². The molecule has 8 heteroatoms. The highest BCUT2D eigenvalue weighted by molar-refractivity contribution is 7.21. The Hall–Kier alpha value is -3.55. The summed E-state index contributed by atoms with van der Waals surface area (Å²) >= 11 is 7.62. The fraction of sp³-hybridized carbons (Fsp3) is 0. The van der Waals surface area contributed by atoms with E-state index < -0.39 is 5.97 Å². The van der Waals surface area contributed by atoms with Crippen LogP contribution in [0.15, 0.2) is 78.2 Å². The minimum atomic E-state index is -0.508. The van der Waals surface area contributed by atoms with Gasteiger partial charge in [-0.05, 0) is 48.0 Å². The van der Waals surface area contributed by atoms with Crippen LogP contribution in [0.2, 0.25) is 5.02 Å². The van der Waals surface area contributed by atoms with Crippen molar-refractivity contribution >= 4 is 51.1 Å². The second-order valence-electron chi connectivity index (χ2n) is 6.14. The lowest BCUT2D eigenvalue weighted by Gasteiger charge is -2.03. The number of thiophene rings is 1. The zero-order chi connectivity index (χ0) is 20.9. The van der Waals surface area contributed by atoms with Gasteiger partial charge in [0.25, 0.3) is 5.91 Å². The first-order chi connectivity index (χ1) is 14.6. The number of ether oxygens (including phenoxy) is 1. The van der Waals surface area contributed by atoms with E-state index in [9.17, 15) is 9.59 Å². The van der Waals surface area contributed by atoms with E-state index in [4.69, 9.17) is 16.3 Å². The van der Waals surface area contributed by atoms with Gasteiger partial charge in [-0.2, -0.15) is 5.10 Å². The van der Waals surface area contributed by atoms with Crippen LogP contribution in [0.25, 0.3) is 10.1 Å². The maximum Gasteiger partial charge on any atom is 0.355 e. The number of pyridine rings is 1. The fourth-order valence-electron chi connectivity index (χ4n) is 2.65. The van der Waals surface area contributed by atoms with Crippen molar-refractivity contribution < 1.29 is 14.3 Å². The van der Waals surface area contributed by atoms with Gasteiger partial charge in [-0.25, -0.2) is 10.2 Å². The summed E-state index contributed by atoms with van der Waals surface area (Å²) in [5.74, 6) is -0.485. The summed E-state index contributed by atoms with van der Waals surface area (Å²) in [6.07, 6.45) is 4.53. The molecule has 0 unspecified atom stereocenters. The van der Waals surface area contributed by atoms with Crippen molar-refractivity contribution in [3.05, 3.63) is 94.1 Å². The molecule has 4 aromatic rings. The molecule has 4 rings (SSSR count).